The van der Waals surface area contributed by atoms with Crippen molar-refractivity contribution in [3.05, 3.63) is 0 Å². The van der Waals surface area contributed by atoms with Gasteiger partial charge >= 0.3 is 0 Å². The van der Waals surface area contributed by atoms with Crippen molar-refractivity contribution in [2.75, 3.05) is 0 Å². The van der Waals surface area contributed by atoms with E-state index in [1.54, 1.807) is 0 Å². The third kappa shape index (κ3) is 116. The molecular weight excluding hydrogens is 226 g/mol. The molecule has 0 aromatic rings. The van der Waals surface area contributed by atoms with Crippen molar-refractivity contribution in [3.63, 3.8) is 0 Å². The fraction of sp³-hybridized carbons (Fsp3) is 0. The zero-order valence-electron chi connectivity index (χ0n) is 1.97. The third-order valence-corrected chi connectivity index (χ3v) is 0. The van der Waals surface area contributed by atoms with Crippen LogP contribution in [0.2, 0.25) is 0 Å². The normalized spacial score (nSPS) is 3.00. The van der Waals surface area contributed by atoms with E-state index in [4.69, 9.17) is 4.79 Å². The van der Waals surface area contributed by atoms with Gasteiger partial charge in [0.25, 0.3) is 0 Å². The molecule has 0 rings (SSSR count). The van der Waals surface area contributed by atoms with Crippen molar-refractivity contribution in [2.45, 2.75) is 0 Å². The Bertz CT molecular complexity index is 15.5. The number of primary amides is 1. The molecule has 4 heavy (non-hydrogen) atoms. The summed E-state index contributed by atoms with van der Waals surface area (Å²) in [6, 6.07) is 0. The second kappa shape index (κ2) is 11.0. The van der Waals surface area contributed by atoms with E-state index in [1.807, 2.05) is 0 Å². The maximum atomic E-state index is 8.58. The summed E-state index contributed by atoms with van der Waals surface area (Å²) in [6.07, 6.45) is 0.250. The summed E-state index contributed by atoms with van der Waals surface area (Å²) in [5.41, 5.74) is 4.17. The largest absolute Gasteiger partial charge is 0.372 e. The van der Waals surface area contributed by atoms with Crippen molar-refractivity contribution in [2.24, 2.45) is 5.73 Å². The first-order chi connectivity index (χ1) is 1.41. The van der Waals surface area contributed by atoms with E-state index in [-0.39, 0.29) is 27.5 Å². The number of carbonyl (C=O) groups is 1. The van der Waals surface area contributed by atoms with E-state index in [9.17, 15) is 0 Å². The van der Waals surface area contributed by atoms with Crippen molar-refractivity contribution >= 4 is 6.41 Å². The summed E-state index contributed by atoms with van der Waals surface area (Å²) < 4.78 is 0. The van der Waals surface area contributed by atoms with Crippen LogP contribution in [0.3, 0.4) is 0 Å². The van der Waals surface area contributed by atoms with Crippen LogP contribution >= 0.6 is 0 Å². The SMILES string of the molecule is NC=O.[W]. The zero-order chi connectivity index (χ0) is 2.71. The van der Waals surface area contributed by atoms with Gasteiger partial charge in [-0.15, -0.1) is 0 Å². The number of nitrogens with two attached hydrogens (primary N) is 1. The van der Waals surface area contributed by atoms with E-state index >= 15 is 0 Å². The molecule has 2 nitrogen and oxygen atoms in total. The predicted octanol–water partition coefficient (Wildman–Crippen LogP) is -0.901. The first kappa shape index (κ1) is 8.90. The van der Waals surface area contributed by atoms with E-state index in [2.05, 4.69) is 5.73 Å². The smallest absolute Gasteiger partial charge is 0.204 e. The van der Waals surface area contributed by atoms with Crippen molar-refractivity contribution in [3.8, 4) is 0 Å². The van der Waals surface area contributed by atoms with E-state index in [0.717, 1.165) is 0 Å². The Labute approximate surface area is 38.6 Å². The second-order valence-corrected chi connectivity index (χ2v) is 0.136. The molecule has 1 amide bonds. The minimum Gasteiger partial charge on any atom is -0.372 e. The van der Waals surface area contributed by atoms with Crippen LogP contribution < -0.4 is 5.73 Å². The van der Waals surface area contributed by atoms with Crippen LogP contribution in [0.1, 0.15) is 0 Å². The van der Waals surface area contributed by atoms with Gasteiger partial charge in [-0.3, -0.25) is 4.79 Å². The first-order valence-electron chi connectivity index (χ1n) is 0.569. The van der Waals surface area contributed by atoms with Crippen LogP contribution in [0.25, 0.3) is 0 Å². The minimum absolute atomic E-state index is 0. The number of carbonyl (C=O) groups excluding carboxylic acids is 1. The Balaban J connectivity index is 0. The van der Waals surface area contributed by atoms with Gasteiger partial charge in [0.2, 0.25) is 6.41 Å². The average Bonchev–Trinajstić information content (AvgIpc) is 0.918. The molecule has 0 saturated heterocycles. The number of amides is 1. The molecule has 0 aliphatic rings. The number of hydrogen-bond acceptors (Lipinski definition) is 1. The van der Waals surface area contributed by atoms with E-state index < -0.39 is 0 Å². The van der Waals surface area contributed by atoms with Crippen LogP contribution in [-0.4, -0.2) is 6.41 Å². The van der Waals surface area contributed by atoms with Gasteiger partial charge in [-0.25, -0.2) is 0 Å². The Morgan fingerprint density at radius 1 is 1.75 bits per heavy atom. The molecule has 0 fully saturated rings. The Morgan fingerprint density at radius 2 is 1.75 bits per heavy atom. The van der Waals surface area contributed by atoms with Crippen LogP contribution in [-0.2, 0) is 25.9 Å². The molecule has 0 atom stereocenters. The molecule has 0 aliphatic carbocycles. The van der Waals surface area contributed by atoms with E-state index in [0.29, 0.717) is 0 Å². The van der Waals surface area contributed by atoms with E-state index in [1.165, 1.54) is 0 Å². The third-order valence-electron chi connectivity index (χ3n) is 0. The molecule has 0 radical (unpaired) electrons. The molecule has 0 saturated carbocycles. The molecule has 0 aliphatic heterocycles. The molecule has 0 spiro atoms. The second-order valence-electron chi connectivity index (χ2n) is 0.136. The summed E-state index contributed by atoms with van der Waals surface area (Å²) >= 11 is 0. The van der Waals surface area contributed by atoms with Gasteiger partial charge < -0.3 is 5.73 Å². The average molecular weight is 229 g/mol. The minimum atomic E-state index is 0. The summed E-state index contributed by atoms with van der Waals surface area (Å²) in [6.45, 7) is 0. The van der Waals surface area contributed by atoms with Crippen molar-refractivity contribution in [1.82, 2.24) is 0 Å². The monoisotopic (exact) mass is 229 g/mol. The fourth-order valence-corrected chi connectivity index (χ4v) is 0. The van der Waals surface area contributed by atoms with Gasteiger partial charge in [-0.05, 0) is 0 Å². The van der Waals surface area contributed by atoms with Crippen molar-refractivity contribution < 1.29 is 25.9 Å². The van der Waals surface area contributed by atoms with Crippen LogP contribution in [0.4, 0.5) is 0 Å². The molecule has 3 heteroatoms. The standard InChI is InChI=1S/CH3NO.W/c2-1-3;/h1H,(H2,2,3);. The topological polar surface area (TPSA) is 43.1 Å². The van der Waals surface area contributed by atoms with Crippen molar-refractivity contribution in [1.29, 1.82) is 0 Å². The van der Waals surface area contributed by atoms with Crippen LogP contribution in [0, 0.1) is 0 Å². The molecule has 0 aromatic carbocycles. The summed E-state index contributed by atoms with van der Waals surface area (Å²) in [4.78, 5) is 8.58. The molecule has 0 aromatic heterocycles. The maximum Gasteiger partial charge on any atom is 0.204 e. The first-order valence-corrected chi connectivity index (χ1v) is 0.569. The zero-order valence-corrected chi connectivity index (χ0v) is 4.90. The molecule has 0 heterocycles. The van der Waals surface area contributed by atoms with Gasteiger partial charge in [-0.2, -0.15) is 0 Å². The fourth-order valence-electron chi connectivity index (χ4n) is 0. The van der Waals surface area contributed by atoms with Gasteiger partial charge in [0.05, 0.1) is 0 Å². The molecular formula is CH3NOW. The summed E-state index contributed by atoms with van der Waals surface area (Å²) in [7, 11) is 0. The summed E-state index contributed by atoms with van der Waals surface area (Å²) in [5.74, 6) is 0. The Kier molecular flexibility index (Phi) is 24.4. The number of rotatable bonds is 0. The van der Waals surface area contributed by atoms with Gasteiger partial charge in [0.1, 0.15) is 0 Å². The predicted molar refractivity (Wildman–Crippen MR) is 10.3 cm³/mol. The van der Waals surface area contributed by atoms with Gasteiger partial charge in [0.15, 0.2) is 0 Å². The Hall–Kier alpha value is 0.158. The molecule has 2 N–H and O–H groups in total. The quantitative estimate of drug-likeness (QED) is 0.537. The van der Waals surface area contributed by atoms with Gasteiger partial charge in [-0.1, -0.05) is 0 Å². The molecule has 0 unspecified atom stereocenters. The number of hydrogen-bond donors (Lipinski definition) is 1. The van der Waals surface area contributed by atoms with Gasteiger partial charge in [0, 0.05) is 21.1 Å². The Morgan fingerprint density at radius 3 is 1.75 bits per heavy atom. The summed E-state index contributed by atoms with van der Waals surface area (Å²) in [5, 5.41) is 0. The van der Waals surface area contributed by atoms with Crippen LogP contribution in [0.5, 0.6) is 0 Å². The maximum absolute atomic E-state index is 8.58. The molecule has 24 valence electrons. The molecule has 0 bridgehead atoms. The van der Waals surface area contributed by atoms with Crippen LogP contribution in [0.15, 0.2) is 0 Å².